The third-order valence-corrected chi connectivity index (χ3v) is 8.16. The largest absolute Gasteiger partial charge is 0.295 e. The van der Waals surface area contributed by atoms with E-state index in [1.165, 1.54) is 49.7 Å². The zero-order valence-corrected chi connectivity index (χ0v) is 14.3. The number of ketones is 1. The van der Waals surface area contributed by atoms with E-state index in [1.54, 1.807) is 0 Å². The maximum absolute atomic E-state index is 11.9. The average Bonchev–Trinajstić information content (AvgIpc) is 2.94. The van der Waals surface area contributed by atoms with Crippen LogP contribution < -0.4 is 0 Å². The molecule has 1 heteroatoms. The molecule has 3 fully saturated rings. The van der Waals surface area contributed by atoms with Crippen LogP contribution in [0, 0.1) is 28.6 Å². The minimum Gasteiger partial charge on any atom is -0.295 e. The van der Waals surface area contributed by atoms with Gasteiger partial charge in [-0.15, -0.1) is 0 Å². The van der Waals surface area contributed by atoms with Crippen LogP contribution in [0.25, 0.3) is 0 Å². The summed E-state index contributed by atoms with van der Waals surface area (Å²) in [5.74, 6) is 2.87. The molecule has 0 aromatic carbocycles. The average molecular weight is 298 g/mol. The molecule has 0 saturated heterocycles. The van der Waals surface area contributed by atoms with Gasteiger partial charge >= 0.3 is 0 Å². The van der Waals surface area contributed by atoms with E-state index in [0.29, 0.717) is 11.2 Å². The molecule has 0 amide bonds. The molecule has 4 rings (SSSR count). The van der Waals surface area contributed by atoms with Crippen molar-refractivity contribution in [2.45, 2.75) is 71.6 Å². The second-order valence-corrected chi connectivity index (χ2v) is 8.77. The van der Waals surface area contributed by atoms with Crippen LogP contribution in [0.2, 0.25) is 0 Å². The topological polar surface area (TPSA) is 17.1 Å². The van der Waals surface area contributed by atoms with Gasteiger partial charge in [-0.25, -0.2) is 0 Å². The fourth-order valence-corrected chi connectivity index (χ4v) is 6.97. The smallest absolute Gasteiger partial charge is 0.156 e. The zero-order valence-electron chi connectivity index (χ0n) is 14.3. The minimum absolute atomic E-state index is 0.233. The van der Waals surface area contributed by atoms with Gasteiger partial charge in [0.25, 0.3) is 0 Å². The molecule has 4 aliphatic rings. The fraction of sp³-hybridized carbons (Fsp3) is 0.762. The maximum Gasteiger partial charge on any atom is 0.156 e. The van der Waals surface area contributed by atoms with Crippen molar-refractivity contribution in [3.05, 3.63) is 23.8 Å². The molecule has 0 aromatic heterocycles. The predicted molar refractivity (Wildman–Crippen MR) is 90.5 cm³/mol. The van der Waals surface area contributed by atoms with Gasteiger partial charge in [-0.1, -0.05) is 38.8 Å². The van der Waals surface area contributed by atoms with Gasteiger partial charge in [0.2, 0.25) is 0 Å². The first-order valence-electron chi connectivity index (χ1n) is 9.43. The maximum atomic E-state index is 11.9. The normalized spacial score (nSPS) is 47.5. The Bertz CT molecular complexity index is 556. The molecular weight excluding hydrogens is 268 g/mol. The van der Waals surface area contributed by atoms with E-state index in [9.17, 15) is 4.79 Å². The van der Waals surface area contributed by atoms with Crippen molar-refractivity contribution in [3.63, 3.8) is 0 Å². The van der Waals surface area contributed by atoms with E-state index in [0.717, 1.165) is 37.0 Å². The van der Waals surface area contributed by atoms with Crippen molar-refractivity contribution in [2.75, 3.05) is 0 Å². The highest BCUT2D eigenvalue weighted by Gasteiger charge is 2.57. The Morgan fingerprint density at radius 1 is 1.23 bits per heavy atom. The van der Waals surface area contributed by atoms with Gasteiger partial charge < -0.3 is 0 Å². The molecule has 0 heterocycles. The molecule has 22 heavy (non-hydrogen) atoms. The fourth-order valence-electron chi connectivity index (χ4n) is 6.97. The first-order valence-corrected chi connectivity index (χ1v) is 9.43. The summed E-state index contributed by atoms with van der Waals surface area (Å²) in [4.78, 5) is 11.9. The number of hydrogen-bond donors (Lipinski definition) is 0. The Balaban J connectivity index is 1.74. The Morgan fingerprint density at radius 2 is 2.05 bits per heavy atom. The van der Waals surface area contributed by atoms with Gasteiger partial charge in [-0.05, 0) is 78.8 Å². The summed E-state index contributed by atoms with van der Waals surface area (Å²) in [6, 6.07) is 0. The summed E-state index contributed by atoms with van der Waals surface area (Å²) >= 11 is 0. The number of fused-ring (bicyclic) bond motifs is 5. The lowest BCUT2D eigenvalue weighted by Gasteiger charge is -2.58. The summed E-state index contributed by atoms with van der Waals surface area (Å²) in [5, 5.41) is 0. The molecule has 4 aliphatic carbocycles. The van der Waals surface area contributed by atoms with Gasteiger partial charge in [-0.2, -0.15) is 0 Å². The quantitative estimate of drug-likeness (QED) is 0.628. The molecule has 1 nitrogen and oxygen atoms in total. The van der Waals surface area contributed by atoms with Crippen molar-refractivity contribution >= 4 is 5.78 Å². The molecular formula is C21H30O. The highest BCUT2D eigenvalue weighted by atomic mass is 16.1. The first-order chi connectivity index (χ1) is 10.5. The Labute approximate surface area is 135 Å². The zero-order chi connectivity index (χ0) is 15.5. The summed E-state index contributed by atoms with van der Waals surface area (Å²) < 4.78 is 0. The van der Waals surface area contributed by atoms with Crippen LogP contribution in [-0.4, -0.2) is 5.78 Å². The monoisotopic (exact) mass is 298 g/mol. The first kappa shape index (κ1) is 14.7. The van der Waals surface area contributed by atoms with Crippen LogP contribution in [0.15, 0.2) is 23.8 Å². The van der Waals surface area contributed by atoms with Gasteiger partial charge in [-0.3, -0.25) is 4.79 Å². The molecule has 0 radical (unpaired) electrons. The van der Waals surface area contributed by atoms with Gasteiger partial charge in [0, 0.05) is 6.42 Å². The second kappa shape index (κ2) is 4.82. The summed E-state index contributed by atoms with van der Waals surface area (Å²) in [7, 11) is 0. The Kier molecular flexibility index (Phi) is 3.23. The third-order valence-electron chi connectivity index (χ3n) is 8.16. The third kappa shape index (κ3) is 1.80. The highest BCUT2D eigenvalue weighted by molar-refractivity contribution is 5.92. The van der Waals surface area contributed by atoms with Crippen molar-refractivity contribution in [3.8, 4) is 0 Å². The number of carbonyl (C=O) groups is 1. The van der Waals surface area contributed by atoms with Crippen LogP contribution in [0.4, 0.5) is 0 Å². The van der Waals surface area contributed by atoms with Gasteiger partial charge in [0.15, 0.2) is 5.78 Å². The van der Waals surface area contributed by atoms with Crippen molar-refractivity contribution in [1.29, 1.82) is 0 Å². The van der Waals surface area contributed by atoms with Crippen LogP contribution >= 0.6 is 0 Å². The SMILES string of the molecule is C=C1C[C@H]2[C@@H]3CCC[C@@]3(CC)CC[C@@H]2[C@@]2(C)CCC(=O)C=C12. The van der Waals surface area contributed by atoms with Gasteiger partial charge in [0.1, 0.15) is 0 Å². The molecule has 5 atom stereocenters. The van der Waals surface area contributed by atoms with Crippen LogP contribution in [-0.2, 0) is 4.79 Å². The van der Waals surface area contributed by atoms with Crippen molar-refractivity contribution < 1.29 is 4.79 Å². The molecule has 0 aliphatic heterocycles. The van der Waals surface area contributed by atoms with E-state index in [4.69, 9.17) is 0 Å². The number of rotatable bonds is 1. The van der Waals surface area contributed by atoms with Crippen molar-refractivity contribution in [1.82, 2.24) is 0 Å². The minimum atomic E-state index is 0.233. The van der Waals surface area contributed by atoms with Crippen LogP contribution in [0.1, 0.15) is 71.6 Å². The summed E-state index contributed by atoms with van der Waals surface area (Å²) in [6.07, 6.45) is 13.4. The predicted octanol–water partition coefficient (Wildman–Crippen LogP) is 5.46. The molecule has 120 valence electrons. The standard InChI is InChI=1S/C21H30O/c1-4-21-9-5-6-18(21)16-12-14(2)19-13-15(22)7-10-20(19,3)17(16)8-11-21/h13,16-18H,2,4-12H2,1,3H3/t16-,17+,18+,20-,21+/m1/s1. The lowest BCUT2D eigenvalue weighted by atomic mass is 9.46. The molecule has 0 bridgehead atoms. The molecule has 0 N–H and O–H groups in total. The Hall–Kier alpha value is -0.850. The summed E-state index contributed by atoms with van der Waals surface area (Å²) in [6.45, 7) is 9.28. The molecule has 0 spiro atoms. The Morgan fingerprint density at radius 3 is 2.82 bits per heavy atom. The lowest BCUT2D eigenvalue weighted by molar-refractivity contribution is -0.117. The number of carbonyl (C=O) groups excluding carboxylic acids is 1. The molecule has 3 saturated carbocycles. The van der Waals surface area contributed by atoms with E-state index < -0.39 is 0 Å². The van der Waals surface area contributed by atoms with Gasteiger partial charge in [0.05, 0.1) is 0 Å². The lowest BCUT2D eigenvalue weighted by Crippen LogP contribution is -2.50. The second-order valence-electron chi connectivity index (χ2n) is 8.77. The van der Waals surface area contributed by atoms with Crippen LogP contribution in [0.3, 0.4) is 0 Å². The number of allylic oxidation sites excluding steroid dienone is 2. The van der Waals surface area contributed by atoms with Crippen molar-refractivity contribution in [2.24, 2.45) is 28.6 Å². The van der Waals surface area contributed by atoms with Crippen LogP contribution in [0.5, 0.6) is 0 Å². The van der Waals surface area contributed by atoms with E-state index in [1.807, 2.05) is 6.08 Å². The molecule has 0 aromatic rings. The summed E-state index contributed by atoms with van der Waals surface area (Å²) in [5.41, 5.74) is 3.49. The van der Waals surface area contributed by atoms with E-state index in [2.05, 4.69) is 20.4 Å². The van der Waals surface area contributed by atoms with E-state index in [-0.39, 0.29) is 5.41 Å². The van der Waals surface area contributed by atoms with E-state index >= 15 is 0 Å². The molecule has 0 unspecified atom stereocenters. The highest BCUT2D eigenvalue weighted by Crippen LogP contribution is 2.66. The number of hydrogen-bond acceptors (Lipinski definition) is 1.